The monoisotopic (exact) mass is 374 g/mol. The molecule has 0 bridgehead atoms. The van der Waals surface area contributed by atoms with Crippen LogP contribution in [0.3, 0.4) is 0 Å². The molecule has 2 aromatic rings. The lowest BCUT2D eigenvalue weighted by atomic mass is 10.1. The summed E-state index contributed by atoms with van der Waals surface area (Å²) >= 11 is 5.91. The number of nitro groups is 1. The number of anilines is 1. The summed E-state index contributed by atoms with van der Waals surface area (Å²) in [7, 11) is 0. The van der Waals surface area contributed by atoms with E-state index in [-0.39, 0.29) is 16.3 Å². The van der Waals surface area contributed by atoms with Gasteiger partial charge in [-0.2, -0.15) is 5.10 Å². The third-order valence-corrected chi connectivity index (χ3v) is 3.88. The number of carbonyl (C=O) groups excluding carboxylic acids is 2. The summed E-state index contributed by atoms with van der Waals surface area (Å²) < 4.78 is 0. The molecular formula is C17H15ClN4O4. The predicted molar refractivity (Wildman–Crippen MR) is 98.4 cm³/mol. The molecule has 0 heterocycles. The van der Waals surface area contributed by atoms with Gasteiger partial charge in [0.1, 0.15) is 0 Å². The minimum atomic E-state index is -0.985. The number of nitrogens with one attached hydrogen (secondary N) is 2. The number of hydrogen-bond acceptors (Lipinski definition) is 5. The average molecular weight is 375 g/mol. The molecule has 0 aromatic heterocycles. The van der Waals surface area contributed by atoms with Crippen molar-refractivity contribution in [2.75, 3.05) is 5.32 Å². The number of hydrogen-bond donors (Lipinski definition) is 2. The van der Waals surface area contributed by atoms with Crippen molar-refractivity contribution < 1.29 is 14.5 Å². The zero-order valence-corrected chi connectivity index (χ0v) is 14.7. The molecule has 0 atom stereocenters. The van der Waals surface area contributed by atoms with Gasteiger partial charge in [0.05, 0.1) is 11.1 Å². The van der Waals surface area contributed by atoms with E-state index in [0.29, 0.717) is 5.69 Å². The Kier molecular flexibility index (Phi) is 6.03. The maximum absolute atomic E-state index is 11.8. The highest BCUT2D eigenvalue weighted by molar-refractivity contribution is 6.39. The van der Waals surface area contributed by atoms with E-state index in [4.69, 9.17) is 11.6 Å². The van der Waals surface area contributed by atoms with E-state index in [2.05, 4.69) is 10.4 Å². The molecule has 0 aliphatic rings. The van der Waals surface area contributed by atoms with Crippen LogP contribution in [-0.4, -0.2) is 23.0 Å². The number of hydrazone groups is 1. The first-order valence-corrected chi connectivity index (χ1v) is 7.81. The molecule has 9 heteroatoms. The second-order valence-corrected chi connectivity index (χ2v) is 5.82. The van der Waals surface area contributed by atoms with E-state index >= 15 is 0 Å². The second kappa shape index (κ2) is 8.21. The van der Waals surface area contributed by atoms with Crippen LogP contribution >= 0.6 is 11.6 Å². The number of rotatable bonds is 4. The number of non-ortho nitro benzene ring substituents is 1. The first-order chi connectivity index (χ1) is 12.3. The fraction of sp³-hybridized carbons (Fsp3) is 0.118. The largest absolute Gasteiger partial charge is 0.329 e. The molecule has 2 N–H and O–H groups in total. The highest BCUT2D eigenvalue weighted by Gasteiger charge is 2.13. The SMILES string of the molecule is Cc1ccc(NC(=O)C(=O)N/N=C\c2cc([N+](=O)[O-])ccc2Cl)cc1C. The Morgan fingerprint density at radius 2 is 1.85 bits per heavy atom. The van der Waals surface area contributed by atoms with Gasteiger partial charge in [0, 0.05) is 28.4 Å². The molecule has 0 saturated heterocycles. The van der Waals surface area contributed by atoms with Gasteiger partial charge in [0.2, 0.25) is 0 Å². The summed E-state index contributed by atoms with van der Waals surface area (Å²) in [6.07, 6.45) is 1.12. The van der Waals surface area contributed by atoms with Crippen molar-refractivity contribution in [1.82, 2.24) is 5.43 Å². The summed E-state index contributed by atoms with van der Waals surface area (Å²) in [5.74, 6) is -1.88. The van der Waals surface area contributed by atoms with Crippen LogP contribution in [0, 0.1) is 24.0 Å². The summed E-state index contributed by atoms with van der Waals surface area (Å²) in [6, 6.07) is 9.04. The quantitative estimate of drug-likeness (QED) is 0.370. The fourth-order valence-corrected chi connectivity index (χ4v) is 2.13. The molecule has 0 saturated carbocycles. The van der Waals surface area contributed by atoms with Crippen LogP contribution in [-0.2, 0) is 9.59 Å². The van der Waals surface area contributed by atoms with Crippen LogP contribution in [0.5, 0.6) is 0 Å². The number of nitro benzene ring substituents is 1. The molecule has 134 valence electrons. The van der Waals surface area contributed by atoms with Crippen molar-refractivity contribution in [2.45, 2.75) is 13.8 Å². The molecule has 26 heavy (non-hydrogen) atoms. The maximum Gasteiger partial charge on any atom is 0.329 e. The van der Waals surface area contributed by atoms with Gasteiger partial charge >= 0.3 is 11.8 Å². The molecule has 0 radical (unpaired) electrons. The molecule has 0 unspecified atom stereocenters. The van der Waals surface area contributed by atoms with Crippen LogP contribution in [0.2, 0.25) is 5.02 Å². The van der Waals surface area contributed by atoms with Gasteiger partial charge in [-0.1, -0.05) is 17.7 Å². The van der Waals surface area contributed by atoms with Gasteiger partial charge in [-0.05, 0) is 43.2 Å². The third kappa shape index (κ3) is 4.87. The van der Waals surface area contributed by atoms with Crippen molar-refractivity contribution in [3.05, 3.63) is 68.2 Å². The molecule has 0 aliphatic heterocycles. The fourth-order valence-electron chi connectivity index (χ4n) is 1.96. The van der Waals surface area contributed by atoms with Crippen LogP contribution in [0.4, 0.5) is 11.4 Å². The molecule has 8 nitrogen and oxygen atoms in total. The van der Waals surface area contributed by atoms with E-state index in [1.54, 1.807) is 12.1 Å². The summed E-state index contributed by atoms with van der Waals surface area (Å²) in [5.41, 5.74) is 4.62. The molecule has 2 amide bonds. The van der Waals surface area contributed by atoms with Gasteiger partial charge < -0.3 is 5.32 Å². The number of halogens is 1. The van der Waals surface area contributed by atoms with Crippen molar-refractivity contribution >= 4 is 41.0 Å². The average Bonchev–Trinajstić information content (AvgIpc) is 2.59. The normalized spacial score (nSPS) is 10.6. The minimum Gasteiger partial charge on any atom is -0.318 e. The molecule has 2 rings (SSSR count). The van der Waals surface area contributed by atoms with Crippen LogP contribution in [0.1, 0.15) is 16.7 Å². The standard InChI is InChI=1S/C17H15ClN4O4/c1-10-3-4-13(7-11(10)2)20-16(23)17(24)21-19-9-12-8-14(22(25)26)5-6-15(12)18/h3-9H,1-2H3,(H,20,23)(H,21,24)/b19-9-. The van der Waals surface area contributed by atoms with E-state index in [9.17, 15) is 19.7 Å². The smallest absolute Gasteiger partial charge is 0.318 e. The van der Waals surface area contributed by atoms with Gasteiger partial charge in [-0.3, -0.25) is 19.7 Å². The van der Waals surface area contributed by atoms with Gasteiger partial charge in [-0.25, -0.2) is 5.43 Å². The Morgan fingerprint density at radius 1 is 1.12 bits per heavy atom. The van der Waals surface area contributed by atoms with Crippen molar-refractivity contribution in [3.8, 4) is 0 Å². The zero-order valence-electron chi connectivity index (χ0n) is 13.9. The molecule has 0 aliphatic carbocycles. The van der Waals surface area contributed by atoms with Gasteiger partial charge in [-0.15, -0.1) is 0 Å². The van der Waals surface area contributed by atoms with E-state index in [1.165, 1.54) is 18.2 Å². The van der Waals surface area contributed by atoms with Crippen LogP contribution in [0.15, 0.2) is 41.5 Å². The van der Waals surface area contributed by atoms with Crippen LogP contribution in [0.25, 0.3) is 0 Å². The maximum atomic E-state index is 11.8. The van der Waals surface area contributed by atoms with Crippen molar-refractivity contribution in [3.63, 3.8) is 0 Å². The zero-order chi connectivity index (χ0) is 19.3. The first-order valence-electron chi connectivity index (χ1n) is 7.43. The molecule has 0 fully saturated rings. The summed E-state index contributed by atoms with van der Waals surface area (Å²) in [5, 5.41) is 17.0. The molecule has 0 spiro atoms. The third-order valence-electron chi connectivity index (χ3n) is 3.53. The summed E-state index contributed by atoms with van der Waals surface area (Å²) in [6.45, 7) is 3.82. The Bertz CT molecular complexity index is 912. The number of carbonyl (C=O) groups is 2. The highest BCUT2D eigenvalue weighted by Crippen LogP contribution is 2.20. The number of nitrogens with zero attached hydrogens (tertiary/aromatic N) is 2. The lowest BCUT2D eigenvalue weighted by Crippen LogP contribution is -2.32. The highest BCUT2D eigenvalue weighted by atomic mass is 35.5. The Balaban J connectivity index is 2.00. The summed E-state index contributed by atoms with van der Waals surface area (Å²) in [4.78, 5) is 33.8. The van der Waals surface area contributed by atoms with Gasteiger partial charge in [0.15, 0.2) is 0 Å². The van der Waals surface area contributed by atoms with E-state index in [0.717, 1.165) is 17.3 Å². The Morgan fingerprint density at radius 3 is 2.50 bits per heavy atom. The van der Waals surface area contributed by atoms with Crippen molar-refractivity contribution in [1.29, 1.82) is 0 Å². The Labute approximate surface area is 154 Å². The Hall–Kier alpha value is -3.26. The molecule has 2 aromatic carbocycles. The molecular weight excluding hydrogens is 360 g/mol. The lowest BCUT2D eigenvalue weighted by molar-refractivity contribution is -0.384. The van der Waals surface area contributed by atoms with E-state index in [1.807, 2.05) is 25.3 Å². The van der Waals surface area contributed by atoms with Crippen molar-refractivity contribution in [2.24, 2.45) is 5.10 Å². The lowest BCUT2D eigenvalue weighted by Gasteiger charge is -2.06. The first kappa shape index (κ1) is 19.1. The number of benzene rings is 2. The number of aryl methyl sites for hydroxylation is 2. The second-order valence-electron chi connectivity index (χ2n) is 5.42. The van der Waals surface area contributed by atoms with Crippen LogP contribution < -0.4 is 10.7 Å². The topological polar surface area (TPSA) is 114 Å². The predicted octanol–water partition coefficient (Wildman–Crippen LogP) is 2.95. The van der Waals surface area contributed by atoms with Gasteiger partial charge in [0.25, 0.3) is 5.69 Å². The van der Waals surface area contributed by atoms with E-state index < -0.39 is 16.7 Å². The minimum absolute atomic E-state index is 0.172. The number of amides is 2.